The minimum Gasteiger partial charge on any atom is -0.469 e. The first kappa shape index (κ1) is 11.4. The molecule has 78 valence electrons. The number of esters is 1. The molecule has 4 nitrogen and oxygen atoms in total. The van der Waals surface area contributed by atoms with Crippen molar-refractivity contribution in [2.45, 2.75) is 6.42 Å². The van der Waals surface area contributed by atoms with Gasteiger partial charge in [0.15, 0.2) is 11.0 Å². The van der Waals surface area contributed by atoms with E-state index in [4.69, 9.17) is 16.9 Å². The summed E-state index contributed by atoms with van der Waals surface area (Å²) >= 11 is 5.42. The van der Waals surface area contributed by atoms with E-state index in [1.165, 1.54) is 7.11 Å². The Morgan fingerprint density at radius 2 is 2.47 bits per heavy atom. The zero-order valence-corrected chi connectivity index (χ0v) is 8.51. The first-order valence-corrected chi connectivity index (χ1v) is 4.28. The number of methoxy groups -OCH3 is 1. The first-order valence-electron chi connectivity index (χ1n) is 3.90. The fourth-order valence-electron chi connectivity index (χ4n) is 0.942. The molecule has 0 saturated carbocycles. The molecule has 0 aliphatic heterocycles. The minimum absolute atomic E-state index is 0.0256. The summed E-state index contributed by atoms with van der Waals surface area (Å²) in [6.45, 7) is 0. The molecule has 0 radical (unpaired) electrons. The standard InChI is InChI=1S/C9H6ClFN2O2/c1-15-8(14)3-7-5(4-12)2-6(11)9(10)13-7/h2H,3H2,1H3. The van der Waals surface area contributed by atoms with Crippen LogP contribution in [0.3, 0.4) is 0 Å². The number of hydrogen-bond acceptors (Lipinski definition) is 4. The van der Waals surface area contributed by atoms with Crippen LogP contribution < -0.4 is 0 Å². The molecule has 0 fully saturated rings. The van der Waals surface area contributed by atoms with E-state index in [0.717, 1.165) is 6.07 Å². The van der Waals surface area contributed by atoms with Crippen molar-refractivity contribution < 1.29 is 13.9 Å². The highest BCUT2D eigenvalue weighted by molar-refractivity contribution is 6.29. The van der Waals surface area contributed by atoms with Crippen LogP contribution in [0.15, 0.2) is 6.07 Å². The number of halogens is 2. The van der Waals surface area contributed by atoms with Gasteiger partial charge in [0.2, 0.25) is 0 Å². The quantitative estimate of drug-likeness (QED) is 0.568. The molecule has 0 aliphatic rings. The average Bonchev–Trinajstić information content (AvgIpc) is 2.22. The smallest absolute Gasteiger partial charge is 0.311 e. The summed E-state index contributed by atoms with van der Waals surface area (Å²) in [5.74, 6) is -1.36. The van der Waals surface area contributed by atoms with Crippen LogP contribution in [-0.2, 0) is 16.0 Å². The van der Waals surface area contributed by atoms with E-state index in [2.05, 4.69) is 9.72 Å². The summed E-state index contributed by atoms with van der Waals surface area (Å²) in [5.41, 5.74) is 0.0815. The molecule has 0 saturated heterocycles. The van der Waals surface area contributed by atoms with Crippen LogP contribution in [0.2, 0.25) is 5.15 Å². The van der Waals surface area contributed by atoms with E-state index in [-0.39, 0.29) is 22.8 Å². The average molecular weight is 229 g/mol. The summed E-state index contributed by atoms with van der Waals surface area (Å²) < 4.78 is 17.3. The molecule has 1 aromatic rings. The predicted molar refractivity (Wildman–Crippen MR) is 49.6 cm³/mol. The lowest BCUT2D eigenvalue weighted by Gasteiger charge is -2.02. The molecule has 0 amide bonds. The molecule has 1 heterocycles. The van der Waals surface area contributed by atoms with Crippen LogP contribution in [0.1, 0.15) is 11.3 Å². The van der Waals surface area contributed by atoms with Gasteiger partial charge >= 0.3 is 5.97 Å². The molecule has 15 heavy (non-hydrogen) atoms. The number of hydrogen-bond donors (Lipinski definition) is 0. The predicted octanol–water partition coefficient (Wildman–Crippen LogP) is 1.46. The van der Waals surface area contributed by atoms with Crippen molar-refractivity contribution in [3.8, 4) is 6.07 Å². The summed E-state index contributed by atoms with van der Waals surface area (Å²) in [7, 11) is 1.21. The third-order valence-corrected chi connectivity index (χ3v) is 1.94. The van der Waals surface area contributed by atoms with Crippen molar-refractivity contribution in [2.75, 3.05) is 7.11 Å². The summed E-state index contributed by atoms with van der Waals surface area (Å²) in [6, 6.07) is 2.66. The molecule has 0 unspecified atom stereocenters. The van der Waals surface area contributed by atoms with Gasteiger partial charge in [-0.15, -0.1) is 0 Å². The zero-order chi connectivity index (χ0) is 11.4. The number of aromatic nitrogens is 1. The number of rotatable bonds is 2. The van der Waals surface area contributed by atoms with Gasteiger partial charge in [0.1, 0.15) is 6.07 Å². The van der Waals surface area contributed by atoms with Crippen molar-refractivity contribution in [1.29, 1.82) is 5.26 Å². The maximum Gasteiger partial charge on any atom is 0.311 e. The van der Waals surface area contributed by atoms with Gasteiger partial charge in [0, 0.05) is 0 Å². The second kappa shape index (κ2) is 4.71. The van der Waals surface area contributed by atoms with Crippen LogP contribution in [0.4, 0.5) is 4.39 Å². The van der Waals surface area contributed by atoms with E-state index in [9.17, 15) is 9.18 Å². The summed E-state index contributed by atoms with van der Waals surface area (Å²) in [6.07, 6.45) is -0.209. The van der Waals surface area contributed by atoms with Gasteiger partial charge in [-0.25, -0.2) is 9.37 Å². The molecule has 0 N–H and O–H groups in total. The van der Waals surface area contributed by atoms with Crippen LogP contribution in [0.5, 0.6) is 0 Å². The Labute approximate surface area is 90.2 Å². The fraction of sp³-hybridized carbons (Fsp3) is 0.222. The summed E-state index contributed by atoms with van der Waals surface area (Å²) in [5, 5.41) is 8.30. The van der Waals surface area contributed by atoms with Crippen LogP contribution in [0, 0.1) is 17.1 Å². The Morgan fingerprint density at radius 1 is 1.80 bits per heavy atom. The van der Waals surface area contributed by atoms with Gasteiger partial charge in [-0.2, -0.15) is 5.26 Å². The first-order chi connectivity index (χ1) is 7.08. The largest absolute Gasteiger partial charge is 0.469 e. The molecule has 0 aliphatic carbocycles. The van der Waals surface area contributed by atoms with Crippen LogP contribution >= 0.6 is 11.6 Å². The van der Waals surface area contributed by atoms with Gasteiger partial charge in [-0.1, -0.05) is 11.6 Å². The normalized spacial score (nSPS) is 9.47. The maximum absolute atomic E-state index is 12.9. The van der Waals surface area contributed by atoms with Gasteiger partial charge in [0.05, 0.1) is 24.8 Å². The third-order valence-electron chi connectivity index (χ3n) is 1.67. The molecule has 0 bridgehead atoms. The van der Waals surface area contributed by atoms with E-state index in [1.54, 1.807) is 6.07 Å². The zero-order valence-electron chi connectivity index (χ0n) is 7.75. The SMILES string of the molecule is COC(=O)Cc1nc(Cl)c(F)cc1C#N. The Balaban J connectivity index is 3.12. The number of ether oxygens (including phenoxy) is 1. The topological polar surface area (TPSA) is 63.0 Å². The second-order valence-electron chi connectivity index (χ2n) is 2.62. The molecule has 6 heteroatoms. The van der Waals surface area contributed by atoms with Crippen LogP contribution in [0.25, 0.3) is 0 Å². The lowest BCUT2D eigenvalue weighted by atomic mass is 10.1. The van der Waals surface area contributed by atoms with E-state index >= 15 is 0 Å². The van der Waals surface area contributed by atoms with Gasteiger partial charge in [0.25, 0.3) is 0 Å². The second-order valence-corrected chi connectivity index (χ2v) is 2.98. The highest BCUT2D eigenvalue weighted by atomic mass is 35.5. The molecular formula is C9H6ClFN2O2. The number of carbonyl (C=O) groups is 1. The monoisotopic (exact) mass is 228 g/mol. The van der Waals surface area contributed by atoms with Crippen molar-refractivity contribution in [3.05, 3.63) is 28.3 Å². The van der Waals surface area contributed by atoms with E-state index in [1.807, 2.05) is 0 Å². The number of nitriles is 1. The molecule has 0 spiro atoms. The molecule has 1 aromatic heterocycles. The Hall–Kier alpha value is -1.67. The summed E-state index contributed by atoms with van der Waals surface area (Å²) in [4.78, 5) is 14.5. The number of nitrogens with zero attached hydrogens (tertiary/aromatic N) is 2. The lowest BCUT2D eigenvalue weighted by molar-refractivity contribution is -0.139. The van der Waals surface area contributed by atoms with Gasteiger partial charge in [-0.3, -0.25) is 4.79 Å². The van der Waals surface area contributed by atoms with Crippen LogP contribution in [-0.4, -0.2) is 18.1 Å². The molecule has 0 atom stereocenters. The third kappa shape index (κ3) is 2.64. The van der Waals surface area contributed by atoms with Gasteiger partial charge < -0.3 is 4.74 Å². The highest BCUT2D eigenvalue weighted by Gasteiger charge is 2.13. The van der Waals surface area contributed by atoms with Crippen molar-refractivity contribution in [1.82, 2.24) is 4.98 Å². The van der Waals surface area contributed by atoms with E-state index < -0.39 is 11.8 Å². The fourth-order valence-corrected chi connectivity index (χ4v) is 1.10. The van der Waals surface area contributed by atoms with Gasteiger partial charge in [-0.05, 0) is 6.07 Å². The Kier molecular flexibility index (Phi) is 3.58. The number of pyridine rings is 1. The van der Waals surface area contributed by atoms with Crippen molar-refractivity contribution in [2.24, 2.45) is 0 Å². The van der Waals surface area contributed by atoms with E-state index in [0.29, 0.717) is 0 Å². The lowest BCUT2D eigenvalue weighted by Crippen LogP contribution is -2.08. The minimum atomic E-state index is -0.790. The number of carbonyl (C=O) groups excluding carboxylic acids is 1. The molecular weight excluding hydrogens is 223 g/mol. The maximum atomic E-state index is 12.9. The molecule has 0 aromatic carbocycles. The molecule has 1 rings (SSSR count). The Morgan fingerprint density at radius 3 is 3.00 bits per heavy atom. The van der Waals surface area contributed by atoms with Crippen molar-refractivity contribution in [3.63, 3.8) is 0 Å². The highest BCUT2D eigenvalue weighted by Crippen LogP contribution is 2.16. The Bertz CT molecular complexity index is 442. The van der Waals surface area contributed by atoms with Crippen molar-refractivity contribution >= 4 is 17.6 Å².